The molecule has 0 heterocycles. The van der Waals surface area contributed by atoms with E-state index in [2.05, 4.69) is 95.8 Å². The molecule has 0 unspecified atom stereocenters. The van der Waals surface area contributed by atoms with E-state index in [4.69, 9.17) is 0 Å². The quantitative estimate of drug-likeness (QED) is 0.292. The van der Waals surface area contributed by atoms with Gasteiger partial charge < -0.3 is 21.3 Å². The van der Waals surface area contributed by atoms with Gasteiger partial charge in [0.2, 0.25) is 5.91 Å². The van der Waals surface area contributed by atoms with Crippen LogP contribution in [0, 0.1) is 13.8 Å². The second kappa shape index (κ2) is 10.6. The number of amides is 3. The van der Waals surface area contributed by atoms with Crippen LogP contribution in [0.1, 0.15) is 29.2 Å². The number of rotatable bonds is 7. The average molecular weight is 469 g/mol. The summed E-state index contributed by atoms with van der Waals surface area (Å²) in [6, 6.07) is 21.4. The minimum absolute atomic E-state index is 0.0996. The zero-order chi connectivity index (χ0) is 24.9. The molecular weight excluding hydrogens is 436 g/mol. The van der Waals surface area contributed by atoms with Crippen molar-refractivity contribution >= 4 is 33.5 Å². The molecular formula is C29H32N4O2. The van der Waals surface area contributed by atoms with Crippen LogP contribution in [0.3, 0.4) is 0 Å². The molecule has 0 aromatic heterocycles. The Morgan fingerprint density at radius 1 is 0.686 bits per heavy atom. The summed E-state index contributed by atoms with van der Waals surface area (Å²) in [6.45, 7) is 7.08. The van der Waals surface area contributed by atoms with Crippen LogP contribution in [0.2, 0.25) is 0 Å². The lowest BCUT2D eigenvalue weighted by molar-refractivity contribution is -0.118. The molecule has 0 bridgehead atoms. The smallest absolute Gasteiger partial charge is 0.316 e. The van der Waals surface area contributed by atoms with Crippen LogP contribution < -0.4 is 21.3 Å². The summed E-state index contributed by atoms with van der Waals surface area (Å²) in [5.41, 5.74) is 7.27. The molecule has 0 saturated heterocycles. The van der Waals surface area contributed by atoms with Gasteiger partial charge in [0, 0.05) is 20.0 Å². The fraction of sp³-hybridized carbons (Fsp3) is 0.241. The van der Waals surface area contributed by atoms with Gasteiger partial charge in [-0.05, 0) is 88.0 Å². The minimum Gasteiger partial charge on any atom is -0.339 e. The molecule has 0 radical (unpaired) electrons. The molecule has 0 spiro atoms. The maximum atomic E-state index is 12.0. The van der Waals surface area contributed by atoms with E-state index >= 15 is 0 Å². The van der Waals surface area contributed by atoms with E-state index in [0.717, 1.165) is 17.5 Å². The molecule has 35 heavy (non-hydrogen) atoms. The zero-order valence-electron chi connectivity index (χ0n) is 20.7. The van der Waals surface area contributed by atoms with E-state index in [0.29, 0.717) is 6.54 Å². The fourth-order valence-corrected chi connectivity index (χ4v) is 4.56. The number of aryl methyl sites for hydroxylation is 2. The van der Waals surface area contributed by atoms with E-state index in [1.165, 1.54) is 50.9 Å². The Kier molecular flexibility index (Phi) is 7.32. The van der Waals surface area contributed by atoms with Crippen molar-refractivity contribution in [3.63, 3.8) is 0 Å². The van der Waals surface area contributed by atoms with Crippen molar-refractivity contribution in [2.75, 3.05) is 13.7 Å². The summed E-state index contributed by atoms with van der Waals surface area (Å²) < 4.78 is 0. The Bertz CT molecular complexity index is 1410. The molecule has 0 fully saturated rings. The molecule has 0 saturated carbocycles. The number of hydrogen-bond acceptors (Lipinski definition) is 3. The Labute approximate surface area is 206 Å². The van der Waals surface area contributed by atoms with E-state index in [1.807, 2.05) is 7.05 Å². The number of carbonyl (C=O) groups excluding carboxylic acids is 2. The van der Waals surface area contributed by atoms with Gasteiger partial charge in [0.15, 0.2) is 0 Å². The summed E-state index contributed by atoms with van der Waals surface area (Å²) in [5.74, 6) is -0.189. The topological polar surface area (TPSA) is 82.3 Å². The third-order valence-corrected chi connectivity index (χ3v) is 6.26. The lowest BCUT2D eigenvalue weighted by atomic mass is 9.87. The maximum absolute atomic E-state index is 12.0. The Morgan fingerprint density at radius 2 is 1.23 bits per heavy atom. The number of carbonyl (C=O) groups is 2. The molecule has 0 aliphatic carbocycles. The number of urea groups is 1. The van der Waals surface area contributed by atoms with Crippen LogP contribution in [0.25, 0.3) is 32.7 Å². The fourth-order valence-electron chi connectivity index (χ4n) is 4.56. The molecule has 6 nitrogen and oxygen atoms in total. The van der Waals surface area contributed by atoms with Crippen LogP contribution in [-0.2, 0) is 17.9 Å². The molecule has 0 aliphatic heterocycles. The van der Waals surface area contributed by atoms with Crippen LogP contribution in [-0.4, -0.2) is 25.7 Å². The van der Waals surface area contributed by atoms with Gasteiger partial charge >= 0.3 is 6.03 Å². The van der Waals surface area contributed by atoms with E-state index < -0.39 is 0 Å². The van der Waals surface area contributed by atoms with Gasteiger partial charge in [-0.25, -0.2) is 4.79 Å². The zero-order valence-corrected chi connectivity index (χ0v) is 20.7. The van der Waals surface area contributed by atoms with Crippen molar-refractivity contribution < 1.29 is 9.59 Å². The third kappa shape index (κ3) is 5.44. The first-order valence-corrected chi connectivity index (χ1v) is 11.8. The number of hydrogen-bond donors (Lipinski definition) is 4. The predicted octanol–water partition coefficient (Wildman–Crippen LogP) is 4.89. The van der Waals surface area contributed by atoms with Crippen molar-refractivity contribution in [2.45, 2.75) is 33.9 Å². The number of nitrogens with one attached hydrogen (secondary N) is 4. The first-order chi connectivity index (χ1) is 16.9. The Hall–Kier alpha value is -3.90. The maximum Gasteiger partial charge on any atom is 0.316 e. The summed E-state index contributed by atoms with van der Waals surface area (Å²) >= 11 is 0. The molecule has 0 aliphatic rings. The van der Waals surface area contributed by atoms with Crippen LogP contribution in [0.5, 0.6) is 0 Å². The lowest BCUT2D eigenvalue weighted by Gasteiger charge is -2.17. The SMILES string of the molecule is CNCc1ccc2c(-c3c(C)ccc4cc(CNC(=O)NCNC(C)=O)ccc34)c(C)ccc2c1. The summed E-state index contributed by atoms with van der Waals surface area (Å²) in [6.07, 6.45) is 0. The van der Waals surface area contributed by atoms with Crippen molar-refractivity contribution in [2.24, 2.45) is 0 Å². The molecule has 6 heteroatoms. The summed E-state index contributed by atoms with van der Waals surface area (Å²) in [7, 11) is 1.96. The summed E-state index contributed by atoms with van der Waals surface area (Å²) in [5, 5.41) is 16.0. The molecule has 4 rings (SSSR count). The lowest BCUT2D eigenvalue weighted by Crippen LogP contribution is -2.41. The highest BCUT2D eigenvalue weighted by atomic mass is 16.2. The van der Waals surface area contributed by atoms with Gasteiger partial charge in [-0.1, -0.05) is 48.5 Å². The van der Waals surface area contributed by atoms with Crippen molar-refractivity contribution in [3.8, 4) is 11.1 Å². The van der Waals surface area contributed by atoms with Crippen molar-refractivity contribution in [3.05, 3.63) is 82.9 Å². The Morgan fingerprint density at radius 3 is 1.74 bits per heavy atom. The van der Waals surface area contributed by atoms with E-state index in [-0.39, 0.29) is 18.6 Å². The van der Waals surface area contributed by atoms with Gasteiger partial charge in [0.1, 0.15) is 0 Å². The molecule has 4 N–H and O–H groups in total. The monoisotopic (exact) mass is 468 g/mol. The van der Waals surface area contributed by atoms with Crippen molar-refractivity contribution in [1.29, 1.82) is 0 Å². The van der Waals surface area contributed by atoms with Gasteiger partial charge in [-0.15, -0.1) is 0 Å². The number of benzene rings is 4. The first-order valence-electron chi connectivity index (χ1n) is 11.8. The highest BCUT2D eigenvalue weighted by Crippen LogP contribution is 2.39. The van der Waals surface area contributed by atoms with Crippen LogP contribution in [0.4, 0.5) is 4.79 Å². The molecule has 3 amide bonds. The molecule has 180 valence electrons. The van der Waals surface area contributed by atoms with Crippen LogP contribution >= 0.6 is 0 Å². The van der Waals surface area contributed by atoms with Crippen LogP contribution in [0.15, 0.2) is 60.7 Å². The highest BCUT2D eigenvalue weighted by Gasteiger charge is 2.14. The standard InChI is InChI=1S/C29H32N4O2/c1-18-5-9-23-13-21(15-30-4)7-11-25(23)27(18)28-19(2)6-10-24-14-22(8-12-26(24)28)16-31-29(35)33-17-32-20(3)34/h5-14,30H,15-17H2,1-4H3,(H,32,34)(H2,31,33,35). The number of fused-ring (bicyclic) bond motifs is 2. The summed E-state index contributed by atoms with van der Waals surface area (Å²) in [4.78, 5) is 22.9. The Balaban J connectivity index is 1.67. The van der Waals surface area contributed by atoms with E-state index in [1.54, 1.807) is 0 Å². The minimum atomic E-state index is -0.326. The largest absolute Gasteiger partial charge is 0.339 e. The predicted molar refractivity (Wildman–Crippen MR) is 143 cm³/mol. The van der Waals surface area contributed by atoms with Gasteiger partial charge in [0.05, 0.1) is 6.67 Å². The third-order valence-electron chi connectivity index (χ3n) is 6.26. The highest BCUT2D eigenvalue weighted by molar-refractivity contribution is 6.08. The van der Waals surface area contributed by atoms with Gasteiger partial charge in [-0.3, -0.25) is 4.79 Å². The van der Waals surface area contributed by atoms with Gasteiger partial charge in [0.25, 0.3) is 0 Å². The normalized spacial score (nSPS) is 11.0. The second-order valence-corrected chi connectivity index (χ2v) is 8.93. The molecule has 0 atom stereocenters. The van der Waals surface area contributed by atoms with E-state index in [9.17, 15) is 9.59 Å². The average Bonchev–Trinajstić information content (AvgIpc) is 2.83. The van der Waals surface area contributed by atoms with Crippen molar-refractivity contribution in [1.82, 2.24) is 21.3 Å². The molecule has 4 aromatic carbocycles. The second-order valence-electron chi connectivity index (χ2n) is 8.93. The first kappa shape index (κ1) is 24.2. The molecule has 4 aromatic rings. The van der Waals surface area contributed by atoms with Gasteiger partial charge in [-0.2, -0.15) is 0 Å².